The van der Waals surface area contributed by atoms with Gasteiger partial charge in [0.15, 0.2) is 0 Å². The van der Waals surface area contributed by atoms with Gasteiger partial charge in [-0.3, -0.25) is 0 Å². The molecule has 2 nitrogen and oxygen atoms in total. The van der Waals surface area contributed by atoms with Gasteiger partial charge >= 0.3 is 0 Å². The molecule has 2 aromatic carbocycles. The molecule has 2 aromatic rings. The van der Waals surface area contributed by atoms with E-state index in [2.05, 4.69) is 52.3 Å². The number of nitrogens with two attached hydrogens (primary N) is 1. The number of halogens is 1. The molecule has 0 bridgehead atoms. The topological polar surface area (TPSA) is 35.2 Å². The SMILES string of the molecule is NC(c1ccc(Br)c2ccccc12)C1CCCCO1. The smallest absolute Gasteiger partial charge is 0.0767 e. The number of hydrogen-bond acceptors (Lipinski definition) is 2. The van der Waals surface area contributed by atoms with E-state index in [-0.39, 0.29) is 12.1 Å². The van der Waals surface area contributed by atoms with Crippen LogP contribution in [0, 0.1) is 0 Å². The Labute approximate surface area is 122 Å². The highest BCUT2D eigenvalue weighted by Crippen LogP contribution is 2.33. The van der Waals surface area contributed by atoms with E-state index >= 15 is 0 Å². The lowest BCUT2D eigenvalue weighted by Gasteiger charge is -2.29. The van der Waals surface area contributed by atoms with Crippen LogP contribution in [-0.2, 0) is 4.74 Å². The predicted octanol–water partition coefficient (Wildman–Crippen LogP) is 4.17. The van der Waals surface area contributed by atoms with Crippen LogP contribution in [0.2, 0.25) is 0 Å². The van der Waals surface area contributed by atoms with Crippen molar-refractivity contribution in [2.75, 3.05) is 6.61 Å². The van der Waals surface area contributed by atoms with Crippen LogP contribution in [0.15, 0.2) is 40.9 Å². The van der Waals surface area contributed by atoms with Gasteiger partial charge in [0.25, 0.3) is 0 Å². The maximum Gasteiger partial charge on any atom is 0.0767 e. The predicted molar refractivity (Wildman–Crippen MR) is 82.2 cm³/mol. The Kier molecular flexibility index (Phi) is 3.87. The molecule has 0 aliphatic carbocycles. The maximum absolute atomic E-state index is 6.45. The second-order valence-corrected chi connectivity index (χ2v) is 5.97. The molecular formula is C16H18BrNO. The third-order valence-corrected chi connectivity index (χ3v) is 4.57. The van der Waals surface area contributed by atoms with Crippen LogP contribution < -0.4 is 5.73 Å². The summed E-state index contributed by atoms with van der Waals surface area (Å²) in [5.74, 6) is 0. The number of benzene rings is 2. The van der Waals surface area contributed by atoms with Crippen molar-refractivity contribution in [1.29, 1.82) is 0 Å². The lowest BCUT2D eigenvalue weighted by atomic mass is 9.92. The molecule has 0 amide bonds. The van der Waals surface area contributed by atoms with Gasteiger partial charge in [-0.1, -0.05) is 46.3 Å². The van der Waals surface area contributed by atoms with Crippen LogP contribution >= 0.6 is 15.9 Å². The van der Waals surface area contributed by atoms with Gasteiger partial charge in [-0.2, -0.15) is 0 Å². The third-order valence-electron chi connectivity index (χ3n) is 3.88. The van der Waals surface area contributed by atoms with Gasteiger partial charge in [0, 0.05) is 11.1 Å². The molecule has 1 fully saturated rings. The quantitative estimate of drug-likeness (QED) is 0.901. The van der Waals surface area contributed by atoms with Crippen LogP contribution in [0.5, 0.6) is 0 Å². The molecule has 2 atom stereocenters. The Balaban J connectivity index is 2.02. The summed E-state index contributed by atoms with van der Waals surface area (Å²) in [7, 11) is 0. The highest BCUT2D eigenvalue weighted by molar-refractivity contribution is 9.10. The van der Waals surface area contributed by atoms with Gasteiger partial charge in [-0.05, 0) is 41.7 Å². The first-order valence-corrected chi connectivity index (χ1v) is 7.61. The standard InChI is InChI=1S/C16H18BrNO/c17-14-9-8-13(11-5-1-2-6-12(11)14)16(18)15-7-3-4-10-19-15/h1-2,5-6,8-9,15-16H,3-4,7,10,18H2. The second kappa shape index (κ2) is 5.61. The Morgan fingerprint density at radius 3 is 2.63 bits per heavy atom. The summed E-state index contributed by atoms with van der Waals surface area (Å²) in [5.41, 5.74) is 7.63. The largest absolute Gasteiger partial charge is 0.376 e. The van der Waals surface area contributed by atoms with Gasteiger partial charge in [-0.25, -0.2) is 0 Å². The van der Waals surface area contributed by atoms with E-state index in [9.17, 15) is 0 Å². The molecule has 100 valence electrons. The Bertz CT molecular complexity index is 578. The number of fused-ring (bicyclic) bond motifs is 1. The van der Waals surface area contributed by atoms with Crippen molar-refractivity contribution in [3.63, 3.8) is 0 Å². The fourth-order valence-corrected chi connectivity index (χ4v) is 3.30. The van der Waals surface area contributed by atoms with Crippen molar-refractivity contribution in [3.05, 3.63) is 46.4 Å². The molecular weight excluding hydrogens is 302 g/mol. The van der Waals surface area contributed by atoms with Crippen molar-refractivity contribution < 1.29 is 4.74 Å². The Hall–Kier alpha value is -0.900. The van der Waals surface area contributed by atoms with E-state index in [0.29, 0.717) is 0 Å². The first-order chi connectivity index (χ1) is 9.27. The van der Waals surface area contributed by atoms with Gasteiger partial charge in [0.2, 0.25) is 0 Å². The fourth-order valence-electron chi connectivity index (χ4n) is 2.83. The molecule has 19 heavy (non-hydrogen) atoms. The van der Waals surface area contributed by atoms with Crippen molar-refractivity contribution in [2.24, 2.45) is 5.73 Å². The first-order valence-electron chi connectivity index (χ1n) is 6.81. The first kappa shape index (κ1) is 13.1. The van der Waals surface area contributed by atoms with Crippen LogP contribution in [-0.4, -0.2) is 12.7 Å². The summed E-state index contributed by atoms with van der Waals surface area (Å²) in [5, 5.41) is 2.44. The maximum atomic E-state index is 6.45. The zero-order valence-electron chi connectivity index (χ0n) is 10.8. The lowest BCUT2D eigenvalue weighted by molar-refractivity contribution is 0.000274. The average molecular weight is 320 g/mol. The summed E-state index contributed by atoms with van der Waals surface area (Å²) in [6.45, 7) is 0.840. The van der Waals surface area contributed by atoms with E-state index in [1.165, 1.54) is 22.8 Å². The molecule has 3 heteroatoms. The highest BCUT2D eigenvalue weighted by atomic mass is 79.9. The minimum Gasteiger partial charge on any atom is -0.376 e. The molecule has 3 rings (SSSR count). The monoisotopic (exact) mass is 319 g/mol. The molecule has 0 aromatic heterocycles. The normalized spacial score (nSPS) is 21.5. The van der Waals surface area contributed by atoms with Crippen LogP contribution in [0.25, 0.3) is 10.8 Å². The zero-order valence-corrected chi connectivity index (χ0v) is 12.4. The van der Waals surface area contributed by atoms with Gasteiger partial charge in [0.1, 0.15) is 0 Å². The van der Waals surface area contributed by atoms with E-state index in [1.807, 2.05) is 0 Å². The number of ether oxygens (including phenoxy) is 1. The number of rotatable bonds is 2. The van der Waals surface area contributed by atoms with E-state index < -0.39 is 0 Å². The third kappa shape index (κ3) is 2.55. The zero-order chi connectivity index (χ0) is 13.2. The lowest BCUT2D eigenvalue weighted by Crippen LogP contribution is -2.32. The molecule has 2 N–H and O–H groups in total. The summed E-state index contributed by atoms with van der Waals surface area (Å²) in [6.07, 6.45) is 3.58. The summed E-state index contributed by atoms with van der Waals surface area (Å²) in [4.78, 5) is 0. The number of hydrogen-bond donors (Lipinski definition) is 1. The average Bonchev–Trinajstić information content (AvgIpc) is 2.48. The molecule has 1 heterocycles. The molecule has 1 saturated heterocycles. The van der Waals surface area contributed by atoms with Crippen molar-refractivity contribution in [2.45, 2.75) is 31.4 Å². The van der Waals surface area contributed by atoms with Crippen LogP contribution in [0.1, 0.15) is 30.9 Å². The van der Waals surface area contributed by atoms with Gasteiger partial charge in [-0.15, -0.1) is 0 Å². The summed E-state index contributed by atoms with van der Waals surface area (Å²) >= 11 is 3.60. The minimum atomic E-state index is -0.0432. The molecule has 0 radical (unpaired) electrons. The summed E-state index contributed by atoms with van der Waals surface area (Å²) < 4.78 is 6.95. The van der Waals surface area contributed by atoms with Gasteiger partial charge < -0.3 is 10.5 Å². The van der Waals surface area contributed by atoms with Crippen LogP contribution in [0.4, 0.5) is 0 Å². The Morgan fingerprint density at radius 1 is 1.11 bits per heavy atom. The Morgan fingerprint density at radius 2 is 1.89 bits per heavy atom. The second-order valence-electron chi connectivity index (χ2n) is 5.11. The molecule has 0 saturated carbocycles. The van der Waals surface area contributed by atoms with Crippen molar-refractivity contribution in [1.82, 2.24) is 0 Å². The highest BCUT2D eigenvalue weighted by Gasteiger charge is 2.24. The van der Waals surface area contributed by atoms with E-state index in [1.54, 1.807) is 0 Å². The summed E-state index contributed by atoms with van der Waals surface area (Å²) in [6, 6.07) is 12.5. The fraction of sp³-hybridized carbons (Fsp3) is 0.375. The molecule has 1 aliphatic heterocycles. The minimum absolute atomic E-state index is 0.0432. The van der Waals surface area contributed by atoms with Crippen molar-refractivity contribution in [3.8, 4) is 0 Å². The molecule has 2 unspecified atom stereocenters. The van der Waals surface area contributed by atoms with Gasteiger partial charge in [0.05, 0.1) is 12.1 Å². The van der Waals surface area contributed by atoms with E-state index in [4.69, 9.17) is 10.5 Å². The molecule has 0 spiro atoms. The van der Waals surface area contributed by atoms with Crippen molar-refractivity contribution >= 4 is 26.7 Å². The van der Waals surface area contributed by atoms with Crippen LogP contribution in [0.3, 0.4) is 0 Å². The van der Waals surface area contributed by atoms with E-state index in [0.717, 1.165) is 23.9 Å². The molecule has 1 aliphatic rings.